The molecule has 0 atom stereocenters. The number of nitrogens with two attached hydrogens (primary N) is 1. The zero-order chi connectivity index (χ0) is 29.4. The van der Waals surface area contributed by atoms with E-state index in [-0.39, 0.29) is 28.1 Å². The molecule has 0 spiro atoms. The molecule has 208 valence electrons. The van der Waals surface area contributed by atoms with Crippen molar-refractivity contribution in [1.82, 2.24) is 4.57 Å². The number of ether oxygens (including phenoxy) is 3. The highest BCUT2D eigenvalue weighted by Gasteiger charge is 2.40. The first-order valence-corrected chi connectivity index (χ1v) is 11.9. The van der Waals surface area contributed by atoms with E-state index in [2.05, 4.69) is 5.32 Å². The number of primary amides is 1. The zero-order valence-electron chi connectivity index (χ0n) is 23.5. The minimum atomic E-state index is -1.22. The van der Waals surface area contributed by atoms with E-state index in [0.717, 1.165) is 4.57 Å². The molecule has 12 heteroatoms. The highest BCUT2D eigenvalue weighted by atomic mass is 16.6. The number of imide groups is 1. The fourth-order valence-corrected chi connectivity index (χ4v) is 3.37. The van der Waals surface area contributed by atoms with Gasteiger partial charge in [-0.2, -0.15) is 4.90 Å². The van der Waals surface area contributed by atoms with Gasteiger partial charge in [-0.25, -0.2) is 19.0 Å². The van der Waals surface area contributed by atoms with Gasteiger partial charge in [0, 0.05) is 18.0 Å². The second kappa shape index (κ2) is 10.3. The lowest BCUT2D eigenvalue weighted by molar-refractivity contribution is -0.114. The maximum Gasteiger partial charge on any atom is 0.425 e. The fourth-order valence-electron chi connectivity index (χ4n) is 3.37. The van der Waals surface area contributed by atoms with Crippen LogP contribution in [0.2, 0.25) is 0 Å². The van der Waals surface area contributed by atoms with Crippen molar-refractivity contribution in [2.75, 3.05) is 10.2 Å². The molecule has 0 radical (unpaired) electrons. The normalized spacial score (nSPS) is 12.1. The minimum Gasteiger partial charge on any atom is -0.443 e. The van der Waals surface area contributed by atoms with E-state index in [1.54, 1.807) is 62.3 Å². The van der Waals surface area contributed by atoms with Gasteiger partial charge in [0.1, 0.15) is 16.8 Å². The van der Waals surface area contributed by atoms with E-state index < -0.39 is 46.8 Å². The van der Waals surface area contributed by atoms with Crippen LogP contribution < -0.4 is 16.0 Å². The maximum absolute atomic E-state index is 13.6. The van der Waals surface area contributed by atoms with Crippen molar-refractivity contribution in [2.24, 2.45) is 5.73 Å². The third-order valence-corrected chi connectivity index (χ3v) is 4.45. The van der Waals surface area contributed by atoms with Crippen molar-refractivity contribution in [3.63, 3.8) is 0 Å². The van der Waals surface area contributed by atoms with Crippen LogP contribution in [0, 0.1) is 0 Å². The molecule has 0 unspecified atom stereocenters. The first-order chi connectivity index (χ1) is 17.1. The van der Waals surface area contributed by atoms with Crippen molar-refractivity contribution >= 4 is 52.5 Å². The predicted octanol–water partition coefficient (Wildman–Crippen LogP) is 5.16. The molecule has 0 aliphatic heterocycles. The average molecular weight is 533 g/mol. The van der Waals surface area contributed by atoms with E-state index in [4.69, 9.17) is 19.9 Å². The summed E-state index contributed by atoms with van der Waals surface area (Å²) in [7, 11) is 0. The van der Waals surface area contributed by atoms with Gasteiger partial charge in [-0.1, -0.05) is 0 Å². The van der Waals surface area contributed by atoms with Crippen LogP contribution in [0.15, 0.2) is 18.2 Å². The Morgan fingerprint density at radius 2 is 1.29 bits per heavy atom. The van der Waals surface area contributed by atoms with Gasteiger partial charge in [0.25, 0.3) is 5.91 Å². The average Bonchev–Trinajstić information content (AvgIpc) is 2.97. The van der Waals surface area contributed by atoms with E-state index in [0.29, 0.717) is 4.90 Å². The van der Waals surface area contributed by atoms with Crippen LogP contribution in [0.3, 0.4) is 0 Å². The third-order valence-electron chi connectivity index (χ3n) is 4.45. The van der Waals surface area contributed by atoms with Gasteiger partial charge in [0.2, 0.25) is 5.91 Å². The molecule has 12 nitrogen and oxygen atoms in total. The molecule has 4 amide bonds. The number of benzene rings is 1. The molecule has 2 aromatic rings. The number of carbonyl (C=O) groups is 5. The monoisotopic (exact) mass is 532 g/mol. The molecule has 0 fully saturated rings. The lowest BCUT2D eigenvalue weighted by Crippen LogP contribution is -2.46. The minimum absolute atomic E-state index is 0.0337. The molecular weight excluding hydrogens is 496 g/mol. The third kappa shape index (κ3) is 7.46. The number of hydrogen-bond donors (Lipinski definition) is 2. The summed E-state index contributed by atoms with van der Waals surface area (Å²) in [6.07, 6.45) is -3.46. The van der Waals surface area contributed by atoms with Gasteiger partial charge < -0.3 is 25.3 Å². The summed E-state index contributed by atoms with van der Waals surface area (Å²) in [6.45, 7) is 15.6. The largest absolute Gasteiger partial charge is 0.443 e. The van der Waals surface area contributed by atoms with Crippen molar-refractivity contribution in [3.05, 3.63) is 23.8 Å². The first kappa shape index (κ1) is 30.1. The second-order valence-electron chi connectivity index (χ2n) is 11.6. The van der Waals surface area contributed by atoms with Crippen LogP contribution in [-0.4, -0.2) is 51.5 Å². The number of nitrogens with one attached hydrogen (secondary N) is 1. The molecule has 38 heavy (non-hydrogen) atoms. The summed E-state index contributed by atoms with van der Waals surface area (Å²) >= 11 is 0. The Labute approximate surface area is 221 Å². The van der Waals surface area contributed by atoms with E-state index in [1.165, 1.54) is 25.1 Å². The van der Waals surface area contributed by atoms with Crippen molar-refractivity contribution in [2.45, 2.75) is 86.0 Å². The van der Waals surface area contributed by atoms with Gasteiger partial charge >= 0.3 is 18.3 Å². The number of rotatable bonds is 3. The van der Waals surface area contributed by atoms with Gasteiger partial charge in [-0.05, 0) is 80.5 Å². The van der Waals surface area contributed by atoms with E-state index in [1.807, 2.05) is 0 Å². The van der Waals surface area contributed by atoms with Crippen LogP contribution in [0.4, 0.5) is 25.9 Å². The summed E-state index contributed by atoms with van der Waals surface area (Å²) in [6, 6.07) is 4.29. The smallest absolute Gasteiger partial charge is 0.425 e. The highest BCUT2D eigenvalue weighted by molar-refractivity contribution is 6.21. The Morgan fingerprint density at radius 1 is 0.816 bits per heavy atom. The van der Waals surface area contributed by atoms with Crippen molar-refractivity contribution in [1.29, 1.82) is 0 Å². The van der Waals surface area contributed by atoms with Crippen LogP contribution in [0.5, 0.6) is 0 Å². The van der Waals surface area contributed by atoms with Gasteiger partial charge in [-0.3, -0.25) is 9.59 Å². The molecular formula is C26H36N4O8. The number of fused-ring (bicyclic) bond motifs is 1. The van der Waals surface area contributed by atoms with Gasteiger partial charge in [-0.15, -0.1) is 0 Å². The summed E-state index contributed by atoms with van der Waals surface area (Å²) in [5.74, 6) is -1.96. The van der Waals surface area contributed by atoms with E-state index >= 15 is 0 Å². The Hall–Kier alpha value is -4.09. The molecule has 0 aliphatic carbocycles. The molecule has 1 heterocycles. The summed E-state index contributed by atoms with van der Waals surface area (Å²) in [5.41, 5.74) is 2.57. The van der Waals surface area contributed by atoms with E-state index in [9.17, 15) is 24.0 Å². The van der Waals surface area contributed by atoms with Crippen molar-refractivity contribution < 1.29 is 38.2 Å². The summed E-state index contributed by atoms with van der Waals surface area (Å²) in [4.78, 5) is 65.3. The highest BCUT2D eigenvalue weighted by Crippen LogP contribution is 2.37. The Balaban J connectivity index is 3.05. The molecule has 0 saturated carbocycles. The molecule has 0 saturated heterocycles. The van der Waals surface area contributed by atoms with Crippen LogP contribution in [0.1, 0.15) is 79.6 Å². The van der Waals surface area contributed by atoms with Gasteiger partial charge in [0.15, 0.2) is 5.82 Å². The number of carbonyl (C=O) groups excluding carboxylic acids is 5. The lowest BCUT2D eigenvalue weighted by Gasteiger charge is -2.29. The standard InChI is InChI=1S/C26H36N4O8/c1-14(31)28-15-11-12-16-17(13-15)29(21(33)36-24(2,3)4)20(18(16)19(27)32)30(22(34)37-25(5,6)7)23(35)38-26(8,9)10/h11-13H,1-10H3,(H2,27,32)(H,28,31). The Bertz CT molecular complexity index is 1260. The number of nitrogens with zero attached hydrogens (tertiary/aromatic N) is 2. The summed E-state index contributed by atoms with van der Waals surface area (Å²) in [5, 5.41) is 2.70. The first-order valence-electron chi connectivity index (χ1n) is 11.9. The molecule has 3 N–H and O–H groups in total. The number of hydrogen-bond acceptors (Lipinski definition) is 8. The fraction of sp³-hybridized carbons (Fsp3) is 0.500. The lowest BCUT2D eigenvalue weighted by atomic mass is 10.1. The number of anilines is 2. The maximum atomic E-state index is 13.6. The Morgan fingerprint density at radius 3 is 1.68 bits per heavy atom. The quantitative estimate of drug-likeness (QED) is 0.513. The number of aromatic nitrogens is 1. The van der Waals surface area contributed by atoms with Crippen molar-refractivity contribution in [3.8, 4) is 0 Å². The predicted molar refractivity (Wildman–Crippen MR) is 141 cm³/mol. The number of amides is 4. The SMILES string of the molecule is CC(=O)Nc1ccc2c(C(N)=O)c(N(C(=O)OC(C)(C)C)C(=O)OC(C)(C)C)n(C(=O)OC(C)(C)C)c2c1. The molecule has 2 rings (SSSR count). The molecule has 0 bridgehead atoms. The van der Waals surface area contributed by atoms with Crippen LogP contribution in [0.25, 0.3) is 10.9 Å². The van der Waals surface area contributed by atoms with Gasteiger partial charge in [0.05, 0.1) is 11.1 Å². The van der Waals surface area contributed by atoms with Crippen LogP contribution in [-0.2, 0) is 19.0 Å². The topological polar surface area (TPSA) is 159 Å². The molecule has 1 aromatic heterocycles. The molecule has 1 aromatic carbocycles. The Kier molecular flexibility index (Phi) is 8.21. The molecule has 0 aliphatic rings. The summed E-state index contributed by atoms with van der Waals surface area (Å²) < 4.78 is 17.3. The zero-order valence-corrected chi connectivity index (χ0v) is 23.5. The van der Waals surface area contributed by atoms with Crippen LogP contribution >= 0.6 is 0 Å². The second-order valence-corrected chi connectivity index (χ2v) is 11.6.